The van der Waals surface area contributed by atoms with Gasteiger partial charge in [-0.1, -0.05) is 38.1 Å². The van der Waals surface area contributed by atoms with Crippen molar-refractivity contribution in [3.8, 4) is 0 Å². The van der Waals surface area contributed by atoms with Crippen molar-refractivity contribution in [2.75, 3.05) is 26.3 Å². The summed E-state index contributed by atoms with van der Waals surface area (Å²) in [7, 11) is 0. The van der Waals surface area contributed by atoms with E-state index >= 15 is 0 Å². The zero-order valence-corrected chi connectivity index (χ0v) is 14.4. The molecular formula is C18H24N2OS. The number of ether oxygens (including phenoxy) is 1. The number of benzene rings is 1. The molecule has 1 fully saturated rings. The molecule has 3 rings (SSSR count). The minimum absolute atomic E-state index is 0.302. The van der Waals surface area contributed by atoms with Crippen LogP contribution in [0, 0.1) is 6.92 Å². The van der Waals surface area contributed by atoms with Gasteiger partial charge >= 0.3 is 0 Å². The highest BCUT2D eigenvalue weighted by Crippen LogP contribution is 2.33. The summed E-state index contributed by atoms with van der Waals surface area (Å²) in [6, 6.07) is 11.6. The molecule has 1 saturated heterocycles. The molecule has 0 saturated carbocycles. The number of aryl methyl sites for hydroxylation is 1. The zero-order chi connectivity index (χ0) is 15.5. The maximum absolute atomic E-state index is 5.52. The first-order valence-corrected chi connectivity index (χ1v) is 8.77. The lowest BCUT2D eigenvalue weighted by Gasteiger charge is -2.34. The lowest BCUT2D eigenvalue weighted by Crippen LogP contribution is -2.39. The van der Waals surface area contributed by atoms with Crippen LogP contribution in [0.4, 0.5) is 0 Å². The van der Waals surface area contributed by atoms with Gasteiger partial charge in [-0.3, -0.25) is 4.90 Å². The van der Waals surface area contributed by atoms with E-state index < -0.39 is 0 Å². The molecule has 0 amide bonds. The van der Waals surface area contributed by atoms with E-state index in [0.29, 0.717) is 12.0 Å². The Morgan fingerprint density at radius 2 is 1.73 bits per heavy atom. The summed E-state index contributed by atoms with van der Waals surface area (Å²) in [6.45, 7) is 10.1. The summed E-state index contributed by atoms with van der Waals surface area (Å²) in [5.74, 6) is 0.571. The van der Waals surface area contributed by atoms with Gasteiger partial charge in [0.15, 0.2) is 0 Å². The van der Waals surface area contributed by atoms with Crippen molar-refractivity contribution in [1.29, 1.82) is 0 Å². The summed E-state index contributed by atoms with van der Waals surface area (Å²) in [6.07, 6.45) is 0. The first-order chi connectivity index (χ1) is 10.6. The van der Waals surface area contributed by atoms with Gasteiger partial charge in [-0.25, -0.2) is 0 Å². The molecule has 1 aromatic carbocycles. The smallest absolute Gasteiger partial charge is 0.0713 e. The Labute approximate surface area is 137 Å². The van der Waals surface area contributed by atoms with Crippen LogP contribution in [0.5, 0.6) is 0 Å². The van der Waals surface area contributed by atoms with Crippen LogP contribution in [-0.4, -0.2) is 35.6 Å². The molecule has 2 aromatic rings. The Hall–Kier alpha value is -1.23. The Bertz CT molecular complexity index is 600. The molecule has 1 unspecified atom stereocenters. The fourth-order valence-corrected chi connectivity index (χ4v) is 3.88. The van der Waals surface area contributed by atoms with Crippen molar-refractivity contribution in [2.45, 2.75) is 32.7 Å². The minimum atomic E-state index is 0.302. The van der Waals surface area contributed by atoms with Crippen molar-refractivity contribution < 1.29 is 4.74 Å². The Kier molecular flexibility index (Phi) is 4.91. The Morgan fingerprint density at radius 1 is 1.09 bits per heavy atom. The van der Waals surface area contributed by atoms with E-state index in [0.717, 1.165) is 32.0 Å². The van der Waals surface area contributed by atoms with Crippen molar-refractivity contribution >= 4 is 11.5 Å². The molecule has 1 atom stereocenters. The third-order valence-corrected chi connectivity index (χ3v) is 5.18. The van der Waals surface area contributed by atoms with Gasteiger partial charge < -0.3 is 4.74 Å². The van der Waals surface area contributed by atoms with Crippen LogP contribution in [0.15, 0.2) is 30.3 Å². The fourth-order valence-electron chi connectivity index (χ4n) is 2.97. The van der Waals surface area contributed by atoms with Crippen molar-refractivity contribution in [3.63, 3.8) is 0 Å². The van der Waals surface area contributed by atoms with Gasteiger partial charge in [0.25, 0.3) is 0 Å². The predicted molar refractivity (Wildman–Crippen MR) is 91.6 cm³/mol. The molecule has 0 bridgehead atoms. The SMILES string of the molecule is Cc1cc(C(c2ccc(C(C)C)cc2)N2CCOCC2)sn1. The van der Waals surface area contributed by atoms with E-state index in [9.17, 15) is 0 Å². The Balaban J connectivity index is 1.93. The molecule has 1 aliphatic rings. The van der Waals surface area contributed by atoms with Crippen LogP contribution in [-0.2, 0) is 4.74 Å². The normalized spacial score (nSPS) is 17.8. The molecule has 1 aromatic heterocycles. The highest BCUT2D eigenvalue weighted by atomic mass is 32.1. The summed E-state index contributed by atoms with van der Waals surface area (Å²) < 4.78 is 10.0. The molecule has 3 nitrogen and oxygen atoms in total. The van der Waals surface area contributed by atoms with Gasteiger partial charge in [0.1, 0.15) is 0 Å². The Morgan fingerprint density at radius 3 is 2.27 bits per heavy atom. The van der Waals surface area contributed by atoms with Crippen LogP contribution in [0.3, 0.4) is 0 Å². The zero-order valence-electron chi connectivity index (χ0n) is 13.6. The average molecular weight is 316 g/mol. The molecule has 0 aliphatic carbocycles. The summed E-state index contributed by atoms with van der Waals surface area (Å²) in [5.41, 5.74) is 3.86. The van der Waals surface area contributed by atoms with E-state index in [1.54, 1.807) is 11.5 Å². The standard InChI is InChI=1S/C18H24N2OS/c1-13(2)15-4-6-16(7-5-15)18(17-12-14(3)19-22-17)20-8-10-21-11-9-20/h4-7,12-13,18H,8-11H2,1-3H3. The molecule has 118 valence electrons. The molecule has 4 heteroatoms. The van der Waals surface area contributed by atoms with Crippen LogP contribution in [0.1, 0.15) is 47.5 Å². The van der Waals surface area contributed by atoms with Gasteiger partial charge in [0.2, 0.25) is 0 Å². The molecule has 22 heavy (non-hydrogen) atoms. The number of aromatic nitrogens is 1. The fraction of sp³-hybridized carbons (Fsp3) is 0.500. The predicted octanol–water partition coefficient (Wildman–Crippen LogP) is 4.00. The summed E-state index contributed by atoms with van der Waals surface area (Å²) in [4.78, 5) is 3.84. The second-order valence-corrected chi connectivity index (χ2v) is 7.08. The van der Waals surface area contributed by atoms with E-state index in [1.165, 1.54) is 16.0 Å². The number of morpholine rings is 1. The number of rotatable bonds is 4. The molecular weight excluding hydrogens is 292 g/mol. The van der Waals surface area contributed by atoms with Gasteiger partial charge in [-0.05, 0) is 41.6 Å². The quantitative estimate of drug-likeness (QED) is 0.852. The topological polar surface area (TPSA) is 25.4 Å². The average Bonchev–Trinajstić information content (AvgIpc) is 2.95. The number of hydrogen-bond donors (Lipinski definition) is 0. The first kappa shape index (κ1) is 15.7. The van der Waals surface area contributed by atoms with Crippen molar-refractivity contribution in [1.82, 2.24) is 9.27 Å². The number of nitrogens with zero attached hydrogens (tertiary/aromatic N) is 2. The maximum Gasteiger partial charge on any atom is 0.0713 e. The lowest BCUT2D eigenvalue weighted by atomic mass is 9.97. The second kappa shape index (κ2) is 6.90. The summed E-state index contributed by atoms with van der Waals surface area (Å²) >= 11 is 1.62. The van der Waals surface area contributed by atoms with Crippen LogP contribution in [0.25, 0.3) is 0 Å². The lowest BCUT2D eigenvalue weighted by molar-refractivity contribution is 0.0245. The van der Waals surface area contributed by atoms with Crippen LogP contribution < -0.4 is 0 Å². The monoisotopic (exact) mass is 316 g/mol. The van der Waals surface area contributed by atoms with Crippen molar-refractivity contribution in [3.05, 3.63) is 52.0 Å². The highest BCUT2D eigenvalue weighted by molar-refractivity contribution is 7.05. The first-order valence-electron chi connectivity index (χ1n) is 8.00. The third kappa shape index (κ3) is 3.40. The molecule has 1 aliphatic heterocycles. The maximum atomic E-state index is 5.52. The number of hydrogen-bond acceptors (Lipinski definition) is 4. The molecule has 0 N–H and O–H groups in total. The van der Waals surface area contributed by atoms with Crippen LogP contribution >= 0.6 is 11.5 Å². The van der Waals surface area contributed by atoms with Crippen LogP contribution in [0.2, 0.25) is 0 Å². The minimum Gasteiger partial charge on any atom is -0.379 e. The highest BCUT2D eigenvalue weighted by Gasteiger charge is 2.26. The van der Waals surface area contributed by atoms with Gasteiger partial charge in [-0.2, -0.15) is 4.37 Å². The largest absolute Gasteiger partial charge is 0.379 e. The molecule has 0 spiro atoms. The third-order valence-electron chi connectivity index (χ3n) is 4.25. The molecule has 2 heterocycles. The van der Waals surface area contributed by atoms with Crippen molar-refractivity contribution in [2.24, 2.45) is 0 Å². The van der Waals surface area contributed by atoms with Gasteiger partial charge in [-0.15, -0.1) is 0 Å². The van der Waals surface area contributed by atoms with E-state index in [-0.39, 0.29) is 0 Å². The van der Waals surface area contributed by atoms with Gasteiger partial charge in [0, 0.05) is 18.0 Å². The van der Waals surface area contributed by atoms with Gasteiger partial charge in [0.05, 0.1) is 24.9 Å². The summed E-state index contributed by atoms with van der Waals surface area (Å²) in [5, 5.41) is 0. The molecule has 0 radical (unpaired) electrons. The van der Waals surface area contributed by atoms with E-state index in [1.807, 2.05) is 0 Å². The second-order valence-electron chi connectivity index (χ2n) is 6.24. The van der Waals surface area contributed by atoms with E-state index in [4.69, 9.17) is 4.74 Å². The van der Waals surface area contributed by atoms with E-state index in [2.05, 4.69) is 60.4 Å².